The van der Waals surface area contributed by atoms with E-state index in [2.05, 4.69) is 0 Å². The normalized spacial score (nSPS) is 26.4. The summed E-state index contributed by atoms with van der Waals surface area (Å²) in [5, 5.41) is 9.23. The quantitative estimate of drug-likeness (QED) is 0.357. The summed E-state index contributed by atoms with van der Waals surface area (Å²) in [6.07, 6.45) is 1.25. The van der Waals surface area contributed by atoms with Gasteiger partial charge in [0.25, 0.3) is 0 Å². The zero-order chi connectivity index (χ0) is 13.8. The highest BCUT2D eigenvalue weighted by molar-refractivity contribution is 6.15. The minimum Gasteiger partial charge on any atom is -0.515 e. The van der Waals surface area contributed by atoms with Crippen LogP contribution in [0.4, 0.5) is 0 Å². The van der Waals surface area contributed by atoms with Crippen molar-refractivity contribution in [1.29, 1.82) is 0 Å². The molecule has 1 rings (SSSR count). The molecule has 0 radical (unpaired) electrons. The van der Waals surface area contributed by atoms with Crippen molar-refractivity contribution >= 4 is 17.5 Å². The van der Waals surface area contributed by atoms with E-state index in [-0.39, 0.29) is 30.8 Å². The van der Waals surface area contributed by atoms with Gasteiger partial charge in [-0.05, 0) is 13.3 Å². The lowest BCUT2D eigenvalue weighted by molar-refractivity contribution is -0.158. The highest BCUT2D eigenvalue weighted by Gasteiger charge is 2.50. The predicted molar refractivity (Wildman–Crippen MR) is 63.9 cm³/mol. The zero-order valence-electron chi connectivity index (χ0n) is 10.7. The number of ether oxygens (including phenoxy) is 1. The number of carbonyl (C=O) groups is 3. The number of rotatable bonds is 4. The number of hydrogen-bond acceptors (Lipinski definition) is 5. The first-order chi connectivity index (χ1) is 8.51. The fraction of sp³-hybridized carbons (Fsp3) is 0.615. The molecular weight excluding hydrogens is 236 g/mol. The molecule has 0 spiro atoms. The molecule has 1 aliphatic carbocycles. The summed E-state index contributed by atoms with van der Waals surface area (Å²) in [6, 6.07) is 0. The summed E-state index contributed by atoms with van der Waals surface area (Å²) < 4.78 is 4.97. The summed E-state index contributed by atoms with van der Waals surface area (Å²) in [7, 11) is 0. The van der Waals surface area contributed by atoms with Gasteiger partial charge in [-0.3, -0.25) is 14.4 Å². The van der Waals surface area contributed by atoms with Crippen LogP contribution in [0, 0.1) is 5.41 Å². The van der Waals surface area contributed by atoms with Crippen LogP contribution >= 0.6 is 0 Å². The van der Waals surface area contributed by atoms with Gasteiger partial charge in [0.2, 0.25) is 0 Å². The van der Waals surface area contributed by atoms with Crippen LogP contribution in [-0.4, -0.2) is 29.2 Å². The molecule has 5 nitrogen and oxygen atoms in total. The lowest BCUT2D eigenvalue weighted by Gasteiger charge is -2.34. The van der Waals surface area contributed by atoms with Crippen LogP contribution in [0.25, 0.3) is 0 Å². The van der Waals surface area contributed by atoms with Gasteiger partial charge >= 0.3 is 5.97 Å². The number of aliphatic hydroxyl groups excluding tert-OH is 1. The summed E-state index contributed by atoms with van der Waals surface area (Å²) in [6.45, 7) is 3.68. The van der Waals surface area contributed by atoms with E-state index in [1.807, 2.05) is 6.92 Å². The first-order valence-corrected chi connectivity index (χ1v) is 6.08. The molecule has 0 heterocycles. The second kappa shape index (κ2) is 5.80. The van der Waals surface area contributed by atoms with Gasteiger partial charge in [0.1, 0.15) is 11.2 Å². The molecule has 1 unspecified atom stereocenters. The van der Waals surface area contributed by atoms with Crippen molar-refractivity contribution in [2.75, 3.05) is 6.61 Å². The van der Waals surface area contributed by atoms with Crippen molar-refractivity contribution < 1.29 is 24.2 Å². The third-order valence-corrected chi connectivity index (χ3v) is 3.14. The lowest BCUT2D eigenvalue weighted by Crippen LogP contribution is -2.44. The van der Waals surface area contributed by atoms with Crippen LogP contribution in [0.2, 0.25) is 0 Å². The third kappa shape index (κ3) is 2.44. The van der Waals surface area contributed by atoms with E-state index in [0.29, 0.717) is 19.1 Å². The molecule has 1 fully saturated rings. The summed E-state index contributed by atoms with van der Waals surface area (Å²) in [4.78, 5) is 35.5. The van der Waals surface area contributed by atoms with E-state index in [0.717, 1.165) is 0 Å². The Hall–Kier alpha value is -1.65. The highest BCUT2D eigenvalue weighted by atomic mass is 16.5. The Morgan fingerprint density at radius 1 is 1.44 bits per heavy atom. The van der Waals surface area contributed by atoms with E-state index in [1.165, 1.54) is 0 Å². The minimum absolute atomic E-state index is 0.00222. The van der Waals surface area contributed by atoms with Gasteiger partial charge in [-0.25, -0.2) is 0 Å². The van der Waals surface area contributed by atoms with Gasteiger partial charge in [0.15, 0.2) is 5.78 Å². The van der Waals surface area contributed by atoms with Crippen LogP contribution < -0.4 is 0 Å². The average molecular weight is 254 g/mol. The molecule has 0 saturated heterocycles. The van der Waals surface area contributed by atoms with Crippen molar-refractivity contribution in [3.05, 3.63) is 11.8 Å². The Morgan fingerprint density at radius 2 is 2.11 bits per heavy atom. The average Bonchev–Trinajstić information content (AvgIpc) is 2.29. The van der Waals surface area contributed by atoms with E-state index in [9.17, 15) is 19.5 Å². The topological polar surface area (TPSA) is 80.7 Å². The van der Waals surface area contributed by atoms with Gasteiger partial charge in [-0.15, -0.1) is 0 Å². The molecule has 1 aliphatic rings. The second-order valence-corrected chi connectivity index (χ2v) is 4.41. The SMILES string of the molecule is CCCC1(C(=O)OCC)CC(=O)CC(=O)C1=CO. The Morgan fingerprint density at radius 3 is 2.61 bits per heavy atom. The van der Waals surface area contributed by atoms with E-state index in [4.69, 9.17) is 4.74 Å². The standard InChI is InChI=1S/C13H18O5/c1-3-5-13(12(17)18-4-2)7-9(15)6-11(16)10(13)8-14/h8,14H,3-7H2,1-2H3. The van der Waals surface area contributed by atoms with Crippen molar-refractivity contribution in [2.24, 2.45) is 5.41 Å². The molecule has 0 bridgehead atoms. The minimum atomic E-state index is -1.30. The molecule has 0 aromatic rings. The fourth-order valence-corrected chi connectivity index (χ4v) is 2.43. The van der Waals surface area contributed by atoms with Gasteiger partial charge in [0.05, 0.1) is 19.3 Å². The van der Waals surface area contributed by atoms with Crippen LogP contribution in [0.1, 0.15) is 39.5 Å². The first kappa shape index (κ1) is 14.4. The molecule has 0 aromatic heterocycles. The molecule has 0 amide bonds. The number of esters is 1. The van der Waals surface area contributed by atoms with Crippen molar-refractivity contribution in [3.63, 3.8) is 0 Å². The van der Waals surface area contributed by atoms with Crippen LogP contribution in [0.5, 0.6) is 0 Å². The van der Waals surface area contributed by atoms with Crippen LogP contribution in [0.15, 0.2) is 11.8 Å². The highest BCUT2D eigenvalue weighted by Crippen LogP contribution is 2.42. The molecule has 100 valence electrons. The fourth-order valence-electron chi connectivity index (χ4n) is 2.43. The molecule has 1 saturated carbocycles. The van der Waals surface area contributed by atoms with Crippen molar-refractivity contribution in [2.45, 2.75) is 39.5 Å². The molecule has 18 heavy (non-hydrogen) atoms. The zero-order valence-corrected chi connectivity index (χ0v) is 10.7. The largest absolute Gasteiger partial charge is 0.515 e. The molecular formula is C13H18O5. The number of Topliss-reactive ketones (excluding diaryl/α,β-unsaturated/α-hetero) is 2. The lowest BCUT2D eigenvalue weighted by atomic mass is 9.67. The smallest absolute Gasteiger partial charge is 0.317 e. The van der Waals surface area contributed by atoms with Crippen molar-refractivity contribution in [3.8, 4) is 0 Å². The van der Waals surface area contributed by atoms with Gasteiger partial charge in [-0.1, -0.05) is 13.3 Å². The van der Waals surface area contributed by atoms with Crippen LogP contribution in [0.3, 0.4) is 0 Å². The summed E-state index contributed by atoms with van der Waals surface area (Å²) >= 11 is 0. The van der Waals surface area contributed by atoms with Crippen LogP contribution in [-0.2, 0) is 19.1 Å². The van der Waals surface area contributed by atoms with Crippen molar-refractivity contribution in [1.82, 2.24) is 0 Å². The predicted octanol–water partition coefficient (Wildman–Crippen LogP) is 1.71. The Balaban J connectivity index is 3.23. The number of aliphatic hydroxyl groups is 1. The number of hydrogen-bond donors (Lipinski definition) is 1. The molecule has 0 aliphatic heterocycles. The maximum absolute atomic E-state index is 12.1. The first-order valence-electron chi connectivity index (χ1n) is 6.08. The van der Waals surface area contributed by atoms with Gasteiger partial charge in [0, 0.05) is 12.0 Å². The Bertz CT molecular complexity index is 396. The molecule has 1 N–H and O–H groups in total. The number of carbonyl (C=O) groups excluding carboxylic acids is 3. The van der Waals surface area contributed by atoms with E-state index in [1.54, 1.807) is 6.92 Å². The maximum atomic E-state index is 12.1. The second-order valence-electron chi connectivity index (χ2n) is 4.41. The molecule has 1 atom stereocenters. The Labute approximate surface area is 106 Å². The van der Waals surface area contributed by atoms with E-state index >= 15 is 0 Å². The monoisotopic (exact) mass is 254 g/mol. The van der Waals surface area contributed by atoms with Gasteiger partial charge < -0.3 is 9.84 Å². The summed E-state index contributed by atoms with van der Waals surface area (Å²) in [5.41, 5.74) is -1.30. The summed E-state index contributed by atoms with van der Waals surface area (Å²) in [5.74, 6) is -1.38. The Kier molecular flexibility index (Phi) is 4.64. The number of ketones is 2. The molecule has 0 aromatic carbocycles. The molecule has 5 heteroatoms. The van der Waals surface area contributed by atoms with Gasteiger partial charge in [-0.2, -0.15) is 0 Å². The maximum Gasteiger partial charge on any atom is 0.317 e. The third-order valence-electron chi connectivity index (χ3n) is 3.14. The van der Waals surface area contributed by atoms with E-state index < -0.39 is 17.2 Å².